The Morgan fingerprint density at radius 3 is 2.53 bits per heavy atom. The van der Waals surface area contributed by atoms with Gasteiger partial charge in [-0.3, -0.25) is 25.8 Å². The minimum absolute atomic E-state index is 0.0145. The Morgan fingerprint density at radius 1 is 0.969 bits per heavy atom. The van der Waals surface area contributed by atoms with Gasteiger partial charge in [-0.05, 0) is 47.9 Å². The van der Waals surface area contributed by atoms with Crippen molar-refractivity contribution in [2.75, 3.05) is 10.7 Å². The van der Waals surface area contributed by atoms with Crippen molar-refractivity contribution in [2.24, 2.45) is 0 Å². The molecule has 0 atom stereocenters. The van der Waals surface area contributed by atoms with Crippen LogP contribution in [-0.4, -0.2) is 20.8 Å². The summed E-state index contributed by atoms with van der Waals surface area (Å²) < 4.78 is 0. The van der Waals surface area contributed by atoms with Gasteiger partial charge in [0.1, 0.15) is 6.33 Å². The van der Waals surface area contributed by atoms with E-state index in [1.807, 2.05) is 62.4 Å². The third kappa shape index (κ3) is 4.17. The molecule has 3 N–H and O–H groups in total. The number of amides is 1. The van der Waals surface area contributed by atoms with Gasteiger partial charge >= 0.3 is 5.69 Å². The number of aryl methyl sites for hydroxylation is 2. The van der Waals surface area contributed by atoms with Gasteiger partial charge in [0.05, 0.1) is 4.92 Å². The van der Waals surface area contributed by atoms with Crippen LogP contribution in [0.3, 0.4) is 0 Å². The highest BCUT2D eigenvalue weighted by molar-refractivity contribution is 6.07. The van der Waals surface area contributed by atoms with Crippen molar-refractivity contribution >= 4 is 39.7 Å². The van der Waals surface area contributed by atoms with Crippen LogP contribution in [0.4, 0.5) is 23.0 Å². The van der Waals surface area contributed by atoms with Crippen LogP contribution in [-0.2, 0) is 0 Å². The second kappa shape index (κ2) is 8.68. The molecule has 0 fully saturated rings. The Bertz CT molecular complexity index is 1330. The molecule has 0 aliphatic carbocycles. The molecule has 4 rings (SSSR count). The van der Waals surface area contributed by atoms with E-state index < -0.39 is 10.8 Å². The summed E-state index contributed by atoms with van der Waals surface area (Å²) in [5.41, 5.74) is 7.72. The van der Waals surface area contributed by atoms with Crippen LogP contribution in [0.5, 0.6) is 0 Å². The summed E-state index contributed by atoms with van der Waals surface area (Å²) in [6.07, 6.45) is 1.19. The molecule has 0 aliphatic heterocycles. The van der Waals surface area contributed by atoms with Gasteiger partial charge in [-0.25, -0.2) is 9.97 Å². The van der Waals surface area contributed by atoms with E-state index in [0.29, 0.717) is 11.3 Å². The molecule has 32 heavy (non-hydrogen) atoms. The number of benzene rings is 3. The topological polar surface area (TPSA) is 122 Å². The zero-order valence-electron chi connectivity index (χ0n) is 17.4. The molecule has 3 aromatic carbocycles. The molecule has 1 amide bonds. The zero-order chi connectivity index (χ0) is 22.7. The van der Waals surface area contributed by atoms with E-state index in [1.165, 1.54) is 6.33 Å². The molecule has 0 aliphatic rings. The maximum absolute atomic E-state index is 12.8. The molecule has 9 nitrogen and oxygen atoms in total. The molecule has 160 valence electrons. The van der Waals surface area contributed by atoms with Crippen LogP contribution >= 0.6 is 0 Å². The molecule has 4 aromatic rings. The minimum Gasteiger partial charge on any atom is -0.334 e. The Kier molecular flexibility index (Phi) is 5.63. The molecule has 0 saturated carbocycles. The Morgan fingerprint density at radius 2 is 1.72 bits per heavy atom. The fraction of sp³-hybridized carbons (Fsp3) is 0.0870. The van der Waals surface area contributed by atoms with Crippen molar-refractivity contribution in [2.45, 2.75) is 13.8 Å². The molecule has 0 bridgehead atoms. The maximum Gasteiger partial charge on any atom is 0.355 e. The van der Waals surface area contributed by atoms with Crippen LogP contribution in [0.1, 0.15) is 21.5 Å². The highest BCUT2D eigenvalue weighted by Crippen LogP contribution is 2.32. The van der Waals surface area contributed by atoms with Gasteiger partial charge in [0.25, 0.3) is 5.91 Å². The van der Waals surface area contributed by atoms with E-state index in [0.717, 1.165) is 21.9 Å². The van der Waals surface area contributed by atoms with Crippen molar-refractivity contribution in [3.05, 3.63) is 93.8 Å². The van der Waals surface area contributed by atoms with E-state index >= 15 is 0 Å². The van der Waals surface area contributed by atoms with E-state index in [-0.39, 0.29) is 17.3 Å². The lowest BCUT2D eigenvalue weighted by molar-refractivity contribution is -0.383. The first-order chi connectivity index (χ1) is 15.4. The standard InChI is InChI=1S/C23H20N6O3/c1-14-10-11-15(2)19(12-14)26-21-20(29(31)32)22(25-13-24-21)27-28-23(30)18-9-5-7-16-6-3-4-8-17(16)18/h3-13H,1-2H3,(H,28,30)(H2,24,25,26,27). The zero-order valence-corrected chi connectivity index (χ0v) is 17.4. The number of hydrazine groups is 1. The predicted octanol–water partition coefficient (Wildman–Crippen LogP) is 4.66. The normalized spacial score (nSPS) is 10.6. The van der Waals surface area contributed by atoms with Crippen molar-refractivity contribution < 1.29 is 9.72 Å². The van der Waals surface area contributed by atoms with Gasteiger partial charge < -0.3 is 5.32 Å². The van der Waals surface area contributed by atoms with Crippen LogP contribution in [0.25, 0.3) is 10.8 Å². The van der Waals surface area contributed by atoms with Crippen LogP contribution < -0.4 is 16.2 Å². The highest BCUT2D eigenvalue weighted by Gasteiger charge is 2.24. The number of carbonyl (C=O) groups is 1. The monoisotopic (exact) mass is 428 g/mol. The first-order valence-electron chi connectivity index (χ1n) is 9.82. The van der Waals surface area contributed by atoms with Gasteiger partial charge in [0.15, 0.2) is 0 Å². The average Bonchev–Trinajstić information content (AvgIpc) is 2.79. The smallest absolute Gasteiger partial charge is 0.334 e. The quantitative estimate of drug-likeness (QED) is 0.302. The summed E-state index contributed by atoms with van der Waals surface area (Å²) >= 11 is 0. The molecule has 0 radical (unpaired) electrons. The van der Waals surface area contributed by atoms with Gasteiger partial charge in [0, 0.05) is 11.3 Å². The summed E-state index contributed by atoms with van der Waals surface area (Å²) in [6, 6.07) is 18.6. The molecule has 1 aromatic heterocycles. The number of anilines is 3. The summed E-state index contributed by atoms with van der Waals surface area (Å²) in [4.78, 5) is 32.0. The molecule has 0 saturated heterocycles. The van der Waals surface area contributed by atoms with Crippen molar-refractivity contribution in [1.82, 2.24) is 15.4 Å². The van der Waals surface area contributed by atoms with Crippen molar-refractivity contribution in [1.29, 1.82) is 0 Å². The van der Waals surface area contributed by atoms with E-state index in [2.05, 4.69) is 26.1 Å². The van der Waals surface area contributed by atoms with Crippen molar-refractivity contribution in [3.63, 3.8) is 0 Å². The first-order valence-corrected chi connectivity index (χ1v) is 9.82. The Balaban J connectivity index is 1.61. The lowest BCUT2D eigenvalue weighted by atomic mass is 10.0. The number of rotatable bonds is 6. The van der Waals surface area contributed by atoms with Gasteiger partial charge in [-0.2, -0.15) is 0 Å². The Hall–Kier alpha value is -4.53. The number of nitrogens with zero attached hydrogens (tertiary/aromatic N) is 3. The first kappa shape index (κ1) is 20.7. The average molecular weight is 428 g/mol. The second-order valence-corrected chi connectivity index (χ2v) is 7.23. The van der Waals surface area contributed by atoms with E-state index in [1.54, 1.807) is 12.1 Å². The number of hydrogen-bond donors (Lipinski definition) is 3. The number of nitrogens with one attached hydrogen (secondary N) is 3. The van der Waals surface area contributed by atoms with Gasteiger partial charge in [-0.1, -0.05) is 48.5 Å². The molecule has 0 unspecified atom stereocenters. The fourth-order valence-corrected chi connectivity index (χ4v) is 3.34. The third-order valence-electron chi connectivity index (χ3n) is 4.98. The highest BCUT2D eigenvalue weighted by atomic mass is 16.6. The van der Waals surface area contributed by atoms with Crippen molar-refractivity contribution in [3.8, 4) is 0 Å². The number of fused-ring (bicyclic) bond motifs is 1. The SMILES string of the molecule is Cc1ccc(C)c(Nc2ncnc(NNC(=O)c3cccc4ccccc34)c2[N+](=O)[O-])c1. The van der Waals surface area contributed by atoms with Crippen LogP contribution in [0.15, 0.2) is 67.0 Å². The number of carbonyl (C=O) groups excluding carboxylic acids is 1. The lowest BCUT2D eigenvalue weighted by Crippen LogP contribution is -2.30. The number of nitro groups is 1. The van der Waals surface area contributed by atoms with E-state index in [4.69, 9.17) is 0 Å². The lowest BCUT2D eigenvalue weighted by Gasteiger charge is -2.13. The summed E-state index contributed by atoms with van der Waals surface area (Å²) in [7, 11) is 0. The largest absolute Gasteiger partial charge is 0.355 e. The predicted molar refractivity (Wildman–Crippen MR) is 123 cm³/mol. The van der Waals surface area contributed by atoms with Gasteiger partial charge in [0.2, 0.25) is 11.6 Å². The number of hydrogen-bond acceptors (Lipinski definition) is 7. The minimum atomic E-state index is -0.597. The molecular weight excluding hydrogens is 408 g/mol. The molecule has 0 spiro atoms. The molecule has 1 heterocycles. The Labute approximate surface area is 183 Å². The summed E-state index contributed by atoms with van der Waals surface area (Å²) in [6.45, 7) is 3.81. The van der Waals surface area contributed by atoms with Crippen LogP contribution in [0, 0.1) is 24.0 Å². The fourth-order valence-electron chi connectivity index (χ4n) is 3.34. The summed E-state index contributed by atoms with van der Waals surface area (Å²) in [5, 5.41) is 16.5. The van der Waals surface area contributed by atoms with Crippen LogP contribution in [0.2, 0.25) is 0 Å². The molecular formula is C23H20N6O3. The third-order valence-corrected chi connectivity index (χ3v) is 4.98. The number of aromatic nitrogens is 2. The summed E-state index contributed by atoms with van der Waals surface area (Å²) in [5.74, 6) is -0.564. The molecule has 9 heteroatoms. The second-order valence-electron chi connectivity index (χ2n) is 7.23. The van der Waals surface area contributed by atoms with Gasteiger partial charge in [-0.15, -0.1) is 0 Å². The maximum atomic E-state index is 12.8. The van der Waals surface area contributed by atoms with E-state index in [9.17, 15) is 14.9 Å².